The molecule has 0 unspecified atom stereocenters. The van der Waals surface area contributed by atoms with Crippen molar-refractivity contribution in [3.05, 3.63) is 64.6 Å². The van der Waals surface area contributed by atoms with Crippen molar-refractivity contribution >= 4 is 29.5 Å². The van der Waals surface area contributed by atoms with E-state index in [0.29, 0.717) is 16.3 Å². The molecule has 0 N–H and O–H groups in total. The number of ether oxygens (including phenoxy) is 2. The fraction of sp³-hybridized carbons (Fsp3) is 0.0625. The summed E-state index contributed by atoms with van der Waals surface area (Å²) in [6.45, 7) is 0. The fourth-order valence-electron chi connectivity index (χ4n) is 1.99. The topological polar surface area (TPSA) is 60.8 Å². The van der Waals surface area contributed by atoms with Gasteiger partial charge in [-0.2, -0.15) is 0 Å². The Morgan fingerprint density at radius 3 is 2.91 bits per heavy atom. The lowest BCUT2D eigenvalue weighted by Crippen LogP contribution is -2.07. The summed E-state index contributed by atoms with van der Waals surface area (Å²) < 4.78 is 10.5. The lowest BCUT2D eigenvalue weighted by atomic mass is 10.2. The van der Waals surface area contributed by atoms with Crippen molar-refractivity contribution < 1.29 is 14.3 Å². The van der Waals surface area contributed by atoms with Crippen LogP contribution in [0.2, 0.25) is 5.02 Å². The van der Waals surface area contributed by atoms with Gasteiger partial charge in [0.15, 0.2) is 5.70 Å². The lowest BCUT2D eigenvalue weighted by molar-refractivity contribution is -0.129. The molecule has 0 saturated heterocycles. The van der Waals surface area contributed by atoms with E-state index in [9.17, 15) is 4.79 Å². The molecule has 0 fully saturated rings. The van der Waals surface area contributed by atoms with Gasteiger partial charge in [-0.05, 0) is 35.9 Å². The quantitative estimate of drug-likeness (QED) is 0.645. The standard InChI is InChI=1S/C16H11ClN2O3/c1-21-14-5-4-11(17)8-12(14)15-19-13(16(20)22-15)7-10-3-2-6-18-9-10/h2-9H,1H3/b13-7+. The molecule has 0 bridgehead atoms. The molecule has 0 radical (unpaired) electrons. The van der Waals surface area contributed by atoms with Gasteiger partial charge in [-0.1, -0.05) is 17.7 Å². The van der Waals surface area contributed by atoms with Crippen molar-refractivity contribution in [1.82, 2.24) is 4.98 Å². The minimum absolute atomic E-state index is 0.166. The van der Waals surface area contributed by atoms with Crippen molar-refractivity contribution in [2.75, 3.05) is 7.11 Å². The summed E-state index contributed by atoms with van der Waals surface area (Å²) in [6.07, 6.45) is 4.90. The van der Waals surface area contributed by atoms with Crippen LogP contribution in [0.25, 0.3) is 6.08 Å². The van der Waals surface area contributed by atoms with Crippen molar-refractivity contribution in [3.8, 4) is 5.75 Å². The Hall–Kier alpha value is -2.66. The first-order valence-electron chi connectivity index (χ1n) is 6.44. The molecular formula is C16H11ClN2O3. The highest BCUT2D eigenvalue weighted by Gasteiger charge is 2.26. The minimum Gasteiger partial charge on any atom is -0.496 e. The lowest BCUT2D eigenvalue weighted by Gasteiger charge is -2.07. The second-order valence-electron chi connectivity index (χ2n) is 4.47. The second-order valence-corrected chi connectivity index (χ2v) is 4.90. The van der Waals surface area contributed by atoms with Gasteiger partial charge in [0.2, 0.25) is 5.90 Å². The van der Waals surface area contributed by atoms with Crippen molar-refractivity contribution in [3.63, 3.8) is 0 Å². The first kappa shape index (κ1) is 14.3. The molecular weight excluding hydrogens is 304 g/mol. The molecule has 2 aromatic rings. The van der Waals surface area contributed by atoms with Gasteiger partial charge >= 0.3 is 5.97 Å². The molecule has 2 heterocycles. The van der Waals surface area contributed by atoms with E-state index < -0.39 is 5.97 Å². The molecule has 110 valence electrons. The number of carbonyl (C=O) groups is 1. The number of halogens is 1. The Kier molecular flexibility index (Phi) is 3.89. The van der Waals surface area contributed by atoms with E-state index in [0.717, 1.165) is 5.56 Å². The van der Waals surface area contributed by atoms with Gasteiger partial charge in [0.1, 0.15) is 5.75 Å². The summed E-state index contributed by atoms with van der Waals surface area (Å²) >= 11 is 5.98. The number of carbonyl (C=O) groups excluding carboxylic acids is 1. The van der Waals surface area contributed by atoms with Gasteiger partial charge in [-0.25, -0.2) is 9.79 Å². The van der Waals surface area contributed by atoms with Crippen LogP contribution in [0.15, 0.2) is 53.4 Å². The molecule has 0 aliphatic carbocycles. The Morgan fingerprint density at radius 1 is 1.32 bits per heavy atom. The zero-order valence-corrected chi connectivity index (χ0v) is 12.4. The van der Waals surface area contributed by atoms with Crippen LogP contribution >= 0.6 is 11.6 Å². The third-order valence-electron chi connectivity index (χ3n) is 3.00. The summed E-state index contributed by atoms with van der Waals surface area (Å²) in [4.78, 5) is 20.2. The number of methoxy groups -OCH3 is 1. The highest BCUT2D eigenvalue weighted by Crippen LogP contribution is 2.27. The molecule has 1 aromatic heterocycles. The van der Waals surface area contributed by atoms with Gasteiger partial charge in [0, 0.05) is 17.4 Å². The first-order chi connectivity index (χ1) is 10.7. The molecule has 0 saturated carbocycles. The van der Waals surface area contributed by atoms with Gasteiger partial charge < -0.3 is 9.47 Å². The van der Waals surface area contributed by atoms with E-state index in [4.69, 9.17) is 21.1 Å². The number of esters is 1. The third-order valence-corrected chi connectivity index (χ3v) is 3.24. The fourth-order valence-corrected chi connectivity index (χ4v) is 2.16. The van der Waals surface area contributed by atoms with E-state index in [-0.39, 0.29) is 11.6 Å². The van der Waals surface area contributed by atoms with E-state index in [1.807, 2.05) is 6.07 Å². The molecule has 5 nitrogen and oxygen atoms in total. The maximum absolute atomic E-state index is 11.9. The van der Waals surface area contributed by atoms with E-state index in [2.05, 4.69) is 9.98 Å². The molecule has 0 spiro atoms. The Morgan fingerprint density at radius 2 is 2.18 bits per heavy atom. The van der Waals surface area contributed by atoms with Gasteiger partial charge in [-0.15, -0.1) is 0 Å². The van der Waals surface area contributed by atoms with Crippen LogP contribution < -0.4 is 4.74 Å². The summed E-state index contributed by atoms with van der Waals surface area (Å²) in [5.41, 5.74) is 1.49. The first-order valence-corrected chi connectivity index (χ1v) is 6.81. The van der Waals surface area contributed by atoms with E-state index in [1.165, 1.54) is 7.11 Å². The summed E-state index contributed by atoms with van der Waals surface area (Å²) in [7, 11) is 1.52. The number of cyclic esters (lactones) is 1. The van der Waals surface area contributed by atoms with E-state index >= 15 is 0 Å². The highest BCUT2D eigenvalue weighted by atomic mass is 35.5. The van der Waals surface area contributed by atoms with Crippen LogP contribution in [0.5, 0.6) is 5.75 Å². The van der Waals surface area contributed by atoms with Crippen molar-refractivity contribution in [2.45, 2.75) is 0 Å². The molecule has 3 rings (SSSR count). The smallest absolute Gasteiger partial charge is 0.363 e. The zero-order valence-electron chi connectivity index (χ0n) is 11.6. The number of hydrogen-bond acceptors (Lipinski definition) is 5. The number of hydrogen-bond donors (Lipinski definition) is 0. The van der Waals surface area contributed by atoms with Crippen LogP contribution in [-0.4, -0.2) is 24.0 Å². The largest absolute Gasteiger partial charge is 0.496 e. The van der Waals surface area contributed by atoms with Gasteiger partial charge in [-0.3, -0.25) is 4.98 Å². The summed E-state index contributed by atoms with van der Waals surface area (Å²) in [5, 5.41) is 0.499. The van der Waals surface area contributed by atoms with Crippen LogP contribution in [-0.2, 0) is 9.53 Å². The van der Waals surface area contributed by atoms with Gasteiger partial charge in [0.25, 0.3) is 0 Å². The highest BCUT2D eigenvalue weighted by molar-refractivity contribution is 6.31. The molecule has 22 heavy (non-hydrogen) atoms. The predicted octanol–water partition coefficient (Wildman–Crippen LogP) is 3.09. The second kappa shape index (κ2) is 5.99. The average Bonchev–Trinajstić information content (AvgIpc) is 2.89. The number of aromatic nitrogens is 1. The Bertz CT molecular complexity index is 785. The van der Waals surface area contributed by atoms with Gasteiger partial charge in [0.05, 0.1) is 12.7 Å². The number of pyridine rings is 1. The number of nitrogens with zero attached hydrogens (tertiary/aromatic N) is 2. The average molecular weight is 315 g/mol. The molecule has 6 heteroatoms. The SMILES string of the molecule is COc1ccc(Cl)cc1C1=N/C(=C/c2cccnc2)C(=O)O1. The van der Waals surface area contributed by atoms with Crippen molar-refractivity contribution in [1.29, 1.82) is 0 Å². The Labute approximate surface area is 131 Å². The predicted molar refractivity (Wildman–Crippen MR) is 82.8 cm³/mol. The van der Waals surface area contributed by atoms with Crippen LogP contribution in [0.4, 0.5) is 0 Å². The maximum atomic E-state index is 11.9. The molecule has 0 atom stereocenters. The minimum atomic E-state index is -0.527. The number of aliphatic imine (C=N–C) groups is 1. The Balaban J connectivity index is 2.00. The number of benzene rings is 1. The van der Waals surface area contributed by atoms with Crippen LogP contribution in [0.3, 0.4) is 0 Å². The molecule has 0 amide bonds. The normalized spacial score (nSPS) is 15.6. The molecule has 1 aliphatic heterocycles. The zero-order chi connectivity index (χ0) is 15.5. The third kappa shape index (κ3) is 2.84. The van der Waals surface area contributed by atoms with Crippen LogP contribution in [0.1, 0.15) is 11.1 Å². The maximum Gasteiger partial charge on any atom is 0.363 e. The molecule has 1 aliphatic rings. The summed E-state index contributed by atoms with van der Waals surface area (Å²) in [5.74, 6) is 0.166. The van der Waals surface area contributed by atoms with Crippen molar-refractivity contribution in [2.24, 2.45) is 4.99 Å². The van der Waals surface area contributed by atoms with Crippen LogP contribution in [0, 0.1) is 0 Å². The summed E-state index contributed by atoms with van der Waals surface area (Å²) in [6, 6.07) is 8.61. The monoisotopic (exact) mass is 314 g/mol. The molecule has 1 aromatic carbocycles. The van der Waals surface area contributed by atoms with E-state index in [1.54, 1.807) is 42.7 Å². The number of rotatable bonds is 3.